The first-order valence-corrected chi connectivity index (χ1v) is 8.38. The Morgan fingerprint density at radius 1 is 1.00 bits per heavy atom. The number of hydrogen-bond acceptors (Lipinski definition) is 2. The van der Waals surface area contributed by atoms with E-state index in [1.54, 1.807) is 0 Å². The van der Waals surface area contributed by atoms with Gasteiger partial charge in [0.2, 0.25) is 0 Å². The van der Waals surface area contributed by atoms with Gasteiger partial charge >= 0.3 is 0 Å². The topological polar surface area (TPSA) is 23.5 Å². The SMILES string of the molecule is OC1(c2ccc(Cl)cc2)CCN(CCc2ccc(F)cc2)CC1. The van der Waals surface area contributed by atoms with Crippen LogP contribution >= 0.6 is 11.6 Å². The molecule has 2 aromatic rings. The van der Waals surface area contributed by atoms with Gasteiger partial charge in [-0.25, -0.2) is 4.39 Å². The highest BCUT2D eigenvalue weighted by atomic mass is 35.5. The van der Waals surface area contributed by atoms with Gasteiger partial charge in [-0.2, -0.15) is 0 Å². The van der Waals surface area contributed by atoms with Gasteiger partial charge in [0.1, 0.15) is 5.82 Å². The van der Waals surface area contributed by atoms with Crippen molar-refractivity contribution < 1.29 is 9.50 Å². The molecule has 0 unspecified atom stereocenters. The standard InChI is InChI=1S/C19H21ClFNO/c20-17-5-3-16(4-6-17)19(23)10-13-22(14-11-19)12-9-15-1-7-18(21)8-2-15/h1-8,23H,9-14H2. The van der Waals surface area contributed by atoms with Gasteiger partial charge in [0.25, 0.3) is 0 Å². The van der Waals surface area contributed by atoms with Crippen molar-refractivity contribution in [3.63, 3.8) is 0 Å². The minimum absolute atomic E-state index is 0.195. The Morgan fingerprint density at radius 2 is 1.61 bits per heavy atom. The molecule has 0 amide bonds. The Labute approximate surface area is 141 Å². The van der Waals surface area contributed by atoms with E-state index in [2.05, 4.69) is 4.90 Å². The summed E-state index contributed by atoms with van der Waals surface area (Å²) in [5.74, 6) is -0.195. The Morgan fingerprint density at radius 3 is 2.22 bits per heavy atom. The van der Waals surface area contributed by atoms with Gasteiger partial charge in [0.05, 0.1) is 5.60 Å². The van der Waals surface area contributed by atoms with E-state index in [0.717, 1.165) is 50.0 Å². The maximum absolute atomic E-state index is 12.9. The first-order chi connectivity index (χ1) is 11.0. The molecule has 1 aliphatic heterocycles. The molecule has 1 fully saturated rings. The normalized spacial score (nSPS) is 18.0. The summed E-state index contributed by atoms with van der Waals surface area (Å²) in [5, 5.41) is 11.5. The third-order valence-electron chi connectivity index (χ3n) is 4.69. The maximum atomic E-state index is 12.9. The molecule has 0 spiro atoms. The number of hydrogen-bond donors (Lipinski definition) is 1. The van der Waals surface area contributed by atoms with E-state index in [0.29, 0.717) is 5.02 Å². The van der Waals surface area contributed by atoms with Crippen molar-refractivity contribution in [2.75, 3.05) is 19.6 Å². The van der Waals surface area contributed by atoms with Crippen LogP contribution < -0.4 is 0 Å². The lowest BCUT2D eigenvalue weighted by Gasteiger charge is -2.38. The van der Waals surface area contributed by atoms with E-state index in [1.165, 1.54) is 12.1 Å². The maximum Gasteiger partial charge on any atom is 0.123 e. The highest BCUT2D eigenvalue weighted by Crippen LogP contribution is 2.33. The molecule has 1 saturated heterocycles. The predicted molar refractivity (Wildman–Crippen MR) is 91.1 cm³/mol. The van der Waals surface area contributed by atoms with Crippen molar-refractivity contribution in [2.45, 2.75) is 24.9 Å². The van der Waals surface area contributed by atoms with Crippen LogP contribution in [-0.4, -0.2) is 29.6 Å². The van der Waals surface area contributed by atoms with Crippen LogP contribution in [0.15, 0.2) is 48.5 Å². The first kappa shape index (κ1) is 16.4. The van der Waals surface area contributed by atoms with E-state index in [4.69, 9.17) is 11.6 Å². The zero-order valence-electron chi connectivity index (χ0n) is 13.0. The van der Waals surface area contributed by atoms with Crippen LogP contribution in [0.5, 0.6) is 0 Å². The van der Waals surface area contributed by atoms with Gasteiger partial charge in [0, 0.05) is 24.7 Å². The molecular weight excluding hydrogens is 313 g/mol. The monoisotopic (exact) mass is 333 g/mol. The average molecular weight is 334 g/mol. The van der Waals surface area contributed by atoms with Crippen LogP contribution in [0.3, 0.4) is 0 Å². The molecule has 4 heteroatoms. The highest BCUT2D eigenvalue weighted by Gasteiger charge is 2.33. The van der Waals surface area contributed by atoms with Crippen molar-refractivity contribution in [1.29, 1.82) is 0 Å². The lowest BCUT2D eigenvalue weighted by atomic mass is 9.84. The molecule has 0 aromatic heterocycles. The predicted octanol–water partition coefficient (Wildman–Crippen LogP) is 4.01. The molecule has 0 radical (unpaired) electrons. The van der Waals surface area contributed by atoms with Crippen molar-refractivity contribution in [3.05, 3.63) is 70.5 Å². The Kier molecular flexibility index (Phi) is 5.00. The second-order valence-electron chi connectivity index (χ2n) is 6.26. The van der Waals surface area contributed by atoms with Crippen LogP contribution in [0.2, 0.25) is 5.02 Å². The van der Waals surface area contributed by atoms with Gasteiger partial charge < -0.3 is 10.0 Å². The first-order valence-electron chi connectivity index (χ1n) is 8.00. The number of benzene rings is 2. The summed E-state index contributed by atoms with van der Waals surface area (Å²) in [6, 6.07) is 14.2. The number of likely N-dealkylation sites (tertiary alicyclic amines) is 1. The molecule has 2 aromatic carbocycles. The number of aliphatic hydroxyl groups is 1. The molecule has 0 saturated carbocycles. The lowest BCUT2D eigenvalue weighted by molar-refractivity contribution is -0.0255. The molecule has 23 heavy (non-hydrogen) atoms. The van der Waals surface area contributed by atoms with Gasteiger partial charge in [-0.15, -0.1) is 0 Å². The summed E-state index contributed by atoms with van der Waals surface area (Å²) in [5.41, 5.74) is 1.33. The van der Waals surface area contributed by atoms with Crippen LogP contribution in [0.25, 0.3) is 0 Å². The second-order valence-corrected chi connectivity index (χ2v) is 6.69. The molecule has 0 aliphatic carbocycles. The van der Waals surface area contributed by atoms with E-state index in [9.17, 15) is 9.50 Å². The van der Waals surface area contributed by atoms with Gasteiger partial charge in [-0.05, 0) is 54.7 Å². The Bertz CT molecular complexity index is 633. The zero-order valence-corrected chi connectivity index (χ0v) is 13.8. The van der Waals surface area contributed by atoms with Crippen LogP contribution in [0.4, 0.5) is 4.39 Å². The summed E-state index contributed by atoms with van der Waals surface area (Å²) in [7, 11) is 0. The van der Waals surface area contributed by atoms with Crippen molar-refractivity contribution in [3.8, 4) is 0 Å². The lowest BCUT2D eigenvalue weighted by Crippen LogP contribution is -2.43. The van der Waals surface area contributed by atoms with Crippen molar-refractivity contribution in [2.24, 2.45) is 0 Å². The van der Waals surface area contributed by atoms with E-state index in [-0.39, 0.29) is 5.82 Å². The summed E-state index contributed by atoms with van der Waals surface area (Å²) in [6.07, 6.45) is 2.34. The summed E-state index contributed by atoms with van der Waals surface area (Å²) in [4.78, 5) is 2.35. The molecule has 0 atom stereocenters. The van der Waals surface area contributed by atoms with E-state index >= 15 is 0 Å². The largest absolute Gasteiger partial charge is 0.385 e. The summed E-state index contributed by atoms with van der Waals surface area (Å²) in [6.45, 7) is 2.66. The minimum atomic E-state index is -0.753. The third kappa shape index (κ3) is 4.11. The number of halogens is 2. The Balaban J connectivity index is 1.53. The fourth-order valence-corrected chi connectivity index (χ4v) is 3.26. The molecule has 3 rings (SSSR count). The third-order valence-corrected chi connectivity index (χ3v) is 4.95. The molecule has 122 valence electrons. The van der Waals surface area contributed by atoms with E-state index in [1.807, 2.05) is 36.4 Å². The van der Waals surface area contributed by atoms with E-state index < -0.39 is 5.60 Å². The minimum Gasteiger partial charge on any atom is -0.385 e. The zero-order chi connectivity index (χ0) is 16.3. The highest BCUT2D eigenvalue weighted by molar-refractivity contribution is 6.30. The molecule has 1 N–H and O–H groups in total. The average Bonchev–Trinajstić information content (AvgIpc) is 2.56. The number of rotatable bonds is 4. The molecular formula is C19H21ClFNO. The molecule has 1 heterocycles. The van der Waals surface area contributed by atoms with Crippen molar-refractivity contribution in [1.82, 2.24) is 4.90 Å². The summed E-state index contributed by atoms with van der Waals surface area (Å²) >= 11 is 5.92. The molecule has 0 bridgehead atoms. The van der Waals surface area contributed by atoms with Crippen LogP contribution in [-0.2, 0) is 12.0 Å². The molecule has 2 nitrogen and oxygen atoms in total. The Hall–Kier alpha value is -1.42. The van der Waals surface area contributed by atoms with Gasteiger partial charge in [-0.3, -0.25) is 0 Å². The van der Waals surface area contributed by atoms with Gasteiger partial charge in [-0.1, -0.05) is 35.9 Å². The second kappa shape index (κ2) is 7.00. The number of piperidine rings is 1. The smallest absolute Gasteiger partial charge is 0.123 e. The fraction of sp³-hybridized carbons (Fsp3) is 0.368. The van der Waals surface area contributed by atoms with Crippen molar-refractivity contribution >= 4 is 11.6 Å². The molecule has 1 aliphatic rings. The van der Waals surface area contributed by atoms with Gasteiger partial charge in [0.15, 0.2) is 0 Å². The van der Waals surface area contributed by atoms with Crippen LogP contribution in [0.1, 0.15) is 24.0 Å². The number of nitrogens with zero attached hydrogens (tertiary/aromatic N) is 1. The van der Waals surface area contributed by atoms with Crippen LogP contribution in [0, 0.1) is 5.82 Å². The quantitative estimate of drug-likeness (QED) is 0.914. The fourth-order valence-electron chi connectivity index (χ4n) is 3.13. The summed E-state index contributed by atoms with van der Waals surface area (Å²) < 4.78 is 12.9.